The number of esters is 1. The Morgan fingerprint density at radius 1 is 1.12 bits per heavy atom. The second-order valence-corrected chi connectivity index (χ2v) is 11.9. The summed E-state index contributed by atoms with van der Waals surface area (Å²) in [6.45, 7) is 4.06. The molecular formula is C29H28ClN5O4S2. The Kier molecular flexibility index (Phi) is 9.06. The van der Waals surface area contributed by atoms with Crippen LogP contribution in [0.4, 0.5) is 5.00 Å². The van der Waals surface area contributed by atoms with Crippen molar-refractivity contribution in [1.29, 1.82) is 0 Å². The Labute approximate surface area is 250 Å². The molecule has 0 spiro atoms. The first-order chi connectivity index (χ1) is 19.8. The van der Waals surface area contributed by atoms with Crippen molar-refractivity contribution < 1.29 is 19.1 Å². The number of halogens is 1. The number of anilines is 1. The number of aryl methyl sites for hydroxylation is 2. The first kappa shape index (κ1) is 28.8. The number of aromatic nitrogens is 3. The van der Waals surface area contributed by atoms with Gasteiger partial charge in [0.25, 0.3) is 5.91 Å². The molecule has 212 valence electrons. The second-order valence-electron chi connectivity index (χ2n) is 9.39. The molecule has 2 aromatic heterocycles. The number of benzene rings is 2. The molecule has 0 bridgehead atoms. The van der Waals surface area contributed by atoms with Crippen molar-refractivity contribution in [3.63, 3.8) is 0 Å². The fraction of sp³-hybridized carbons (Fsp3) is 0.276. The lowest BCUT2D eigenvalue weighted by molar-refractivity contribution is -0.113. The Morgan fingerprint density at radius 2 is 1.95 bits per heavy atom. The Hall–Kier alpha value is -3.67. The molecule has 12 heteroatoms. The molecule has 0 atom stereocenters. The number of carbonyl (C=O) groups is 3. The minimum absolute atomic E-state index is 0.0270. The van der Waals surface area contributed by atoms with Gasteiger partial charge in [0.1, 0.15) is 5.00 Å². The summed E-state index contributed by atoms with van der Waals surface area (Å²) in [6, 6.07) is 14.5. The van der Waals surface area contributed by atoms with Crippen LogP contribution in [0.2, 0.25) is 5.02 Å². The summed E-state index contributed by atoms with van der Waals surface area (Å²) in [7, 11) is 0. The number of thioether (sulfide) groups is 1. The largest absolute Gasteiger partial charge is 0.462 e. The predicted octanol–water partition coefficient (Wildman–Crippen LogP) is 5.62. The third-order valence-corrected chi connectivity index (χ3v) is 8.81. The molecule has 4 aromatic rings. The van der Waals surface area contributed by atoms with Crippen molar-refractivity contribution >= 4 is 57.5 Å². The van der Waals surface area contributed by atoms with Gasteiger partial charge in [0.05, 0.1) is 30.2 Å². The van der Waals surface area contributed by atoms with Crippen molar-refractivity contribution in [3.8, 4) is 5.69 Å². The van der Waals surface area contributed by atoms with E-state index in [4.69, 9.17) is 16.3 Å². The lowest BCUT2D eigenvalue weighted by Gasteiger charge is -2.12. The fourth-order valence-electron chi connectivity index (χ4n) is 4.63. The van der Waals surface area contributed by atoms with Crippen LogP contribution in [-0.2, 0) is 28.9 Å². The molecule has 2 amide bonds. The van der Waals surface area contributed by atoms with Crippen LogP contribution in [0.1, 0.15) is 55.9 Å². The van der Waals surface area contributed by atoms with Crippen molar-refractivity contribution in [3.05, 3.63) is 86.5 Å². The smallest absolute Gasteiger partial charge is 0.341 e. The highest BCUT2D eigenvalue weighted by molar-refractivity contribution is 7.99. The summed E-state index contributed by atoms with van der Waals surface area (Å²) in [4.78, 5) is 39.6. The first-order valence-corrected chi connectivity index (χ1v) is 15.3. The van der Waals surface area contributed by atoms with E-state index in [-0.39, 0.29) is 30.7 Å². The third-order valence-electron chi connectivity index (χ3n) is 6.44. The second kappa shape index (κ2) is 12.9. The molecule has 5 rings (SSSR count). The maximum Gasteiger partial charge on any atom is 0.341 e. The molecule has 1 aliphatic rings. The van der Waals surface area contributed by atoms with Crippen molar-refractivity contribution in [2.75, 3.05) is 17.7 Å². The maximum absolute atomic E-state index is 13.0. The number of rotatable bonds is 10. The number of nitrogens with one attached hydrogen (secondary N) is 2. The van der Waals surface area contributed by atoms with E-state index in [1.807, 2.05) is 31.2 Å². The number of nitrogens with zero attached hydrogens (tertiary/aromatic N) is 3. The van der Waals surface area contributed by atoms with Crippen LogP contribution in [0.5, 0.6) is 0 Å². The van der Waals surface area contributed by atoms with E-state index in [9.17, 15) is 14.4 Å². The number of hydrogen-bond donors (Lipinski definition) is 2. The number of carbonyl (C=O) groups excluding carboxylic acids is 3. The molecule has 9 nitrogen and oxygen atoms in total. The Morgan fingerprint density at radius 3 is 2.73 bits per heavy atom. The molecule has 2 heterocycles. The Balaban J connectivity index is 1.32. The molecular weight excluding hydrogens is 582 g/mol. The van der Waals surface area contributed by atoms with Crippen LogP contribution in [0.15, 0.2) is 53.7 Å². The zero-order valence-corrected chi connectivity index (χ0v) is 24.9. The van der Waals surface area contributed by atoms with Gasteiger partial charge in [0.2, 0.25) is 5.91 Å². The van der Waals surface area contributed by atoms with Gasteiger partial charge in [0, 0.05) is 15.5 Å². The van der Waals surface area contributed by atoms with Crippen molar-refractivity contribution in [1.82, 2.24) is 20.1 Å². The fourth-order valence-corrected chi connectivity index (χ4v) is 6.88. The normalized spacial score (nSPS) is 12.2. The number of fused-ring (bicyclic) bond motifs is 1. The molecule has 1 aliphatic carbocycles. The lowest BCUT2D eigenvalue weighted by atomic mass is 10.1. The summed E-state index contributed by atoms with van der Waals surface area (Å²) >= 11 is 8.90. The van der Waals surface area contributed by atoms with Crippen LogP contribution < -0.4 is 10.6 Å². The van der Waals surface area contributed by atoms with Gasteiger partial charge in [-0.3, -0.25) is 14.2 Å². The van der Waals surface area contributed by atoms with Gasteiger partial charge in [-0.25, -0.2) is 4.79 Å². The van der Waals surface area contributed by atoms with E-state index in [1.54, 1.807) is 35.8 Å². The zero-order chi connectivity index (χ0) is 28.9. The Bertz CT molecular complexity index is 1620. The maximum atomic E-state index is 13.0. The molecule has 0 fully saturated rings. The topological polar surface area (TPSA) is 115 Å². The molecule has 0 saturated heterocycles. The average Bonchev–Trinajstić information content (AvgIpc) is 3.65. The van der Waals surface area contributed by atoms with Gasteiger partial charge in [-0.05, 0) is 69.0 Å². The minimum atomic E-state index is -0.409. The lowest BCUT2D eigenvalue weighted by Crippen LogP contribution is -2.24. The van der Waals surface area contributed by atoms with E-state index < -0.39 is 5.97 Å². The highest BCUT2D eigenvalue weighted by atomic mass is 35.5. The molecule has 0 unspecified atom stereocenters. The minimum Gasteiger partial charge on any atom is -0.462 e. The summed E-state index contributed by atoms with van der Waals surface area (Å²) in [5.74, 6) is -0.416. The van der Waals surface area contributed by atoms with Crippen LogP contribution in [-0.4, -0.2) is 44.9 Å². The van der Waals surface area contributed by atoms with E-state index in [1.165, 1.54) is 23.1 Å². The summed E-state index contributed by atoms with van der Waals surface area (Å²) in [5.41, 5.74) is 3.68. The quantitative estimate of drug-likeness (QED) is 0.177. The molecule has 2 aromatic carbocycles. The molecule has 0 radical (unpaired) electrons. The molecule has 41 heavy (non-hydrogen) atoms. The number of amides is 2. The van der Waals surface area contributed by atoms with Crippen LogP contribution in [0.25, 0.3) is 5.69 Å². The van der Waals surface area contributed by atoms with Gasteiger partial charge in [0.15, 0.2) is 11.0 Å². The highest BCUT2D eigenvalue weighted by Crippen LogP contribution is 2.39. The van der Waals surface area contributed by atoms with Gasteiger partial charge < -0.3 is 15.4 Å². The molecule has 2 N–H and O–H groups in total. The number of hydrogen-bond acceptors (Lipinski definition) is 8. The van der Waals surface area contributed by atoms with Gasteiger partial charge in [-0.2, -0.15) is 0 Å². The van der Waals surface area contributed by atoms with Crippen LogP contribution >= 0.6 is 34.7 Å². The summed E-state index contributed by atoms with van der Waals surface area (Å²) in [5, 5.41) is 15.9. The summed E-state index contributed by atoms with van der Waals surface area (Å²) < 4.78 is 7.03. The molecule has 0 aliphatic heterocycles. The average molecular weight is 610 g/mol. The van der Waals surface area contributed by atoms with Gasteiger partial charge in [-0.15, -0.1) is 21.5 Å². The van der Waals surface area contributed by atoms with E-state index in [0.29, 0.717) is 37.8 Å². The van der Waals surface area contributed by atoms with E-state index >= 15 is 0 Å². The zero-order valence-electron chi connectivity index (χ0n) is 22.5. The third kappa shape index (κ3) is 6.64. The van der Waals surface area contributed by atoms with Crippen LogP contribution in [0.3, 0.4) is 0 Å². The standard InChI is InChI=1S/C29H28ClN5O4S2/c1-3-39-28(38)25-21-11-6-12-22(21)41-27(25)32-24(36)16-40-29-34-33-23(35(29)20-10-5-9-19(30)14-20)15-31-26(37)18-8-4-7-17(2)13-18/h4-5,7-10,13-14H,3,6,11-12,15-16H2,1-2H3,(H,31,37)(H,32,36). The van der Waals surface area contributed by atoms with Crippen molar-refractivity contribution in [2.24, 2.45) is 0 Å². The van der Waals surface area contributed by atoms with Gasteiger partial charge >= 0.3 is 5.97 Å². The van der Waals surface area contributed by atoms with E-state index in [2.05, 4.69) is 20.8 Å². The SMILES string of the molecule is CCOC(=O)c1c(NC(=O)CSc2nnc(CNC(=O)c3cccc(C)c3)n2-c2cccc(Cl)c2)sc2c1CCC2. The van der Waals surface area contributed by atoms with E-state index in [0.717, 1.165) is 35.3 Å². The summed E-state index contributed by atoms with van der Waals surface area (Å²) in [6.07, 6.45) is 2.68. The van der Waals surface area contributed by atoms with Crippen molar-refractivity contribution in [2.45, 2.75) is 44.8 Å². The van der Waals surface area contributed by atoms with Gasteiger partial charge in [-0.1, -0.05) is 47.1 Å². The highest BCUT2D eigenvalue weighted by Gasteiger charge is 2.28. The first-order valence-electron chi connectivity index (χ1n) is 13.1. The van der Waals surface area contributed by atoms with Crippen LogP contribution in [0, 0.1) is 6.92 Å². The number of ether oxygens (including phenoxy) is 1. The number of thiophene rings is 1. The molecule has 0 saturated carbocycles. The predicted molar refractivity (Wildman–Crippen MR) is 160 cm³/mol. The monoisotopic (exact) mass is 609 g/mol.